The highest BCUT2D eigenvalue weighted by atomic mass is 17.2. The average Bonchev–Trinajstić information content (AvgIpc) is 2.07. The van der Waals surface area contributed by atoms with Gasteiger partial charge in [-0.3, -0.25) is 4.89 Å². The number of hydrogen-bond donors (Lipinski definition) is 1. The topological polar surface area (TPSA) is 61.7 Å². The van der Waals surface area contributed by atoms with Crippen molar-refractivity contribution in [2.45, 2.75) is 18.9 Å². The minimum absolute atomic E-state index is 0.330. The lowest BCUT2D eigenvalue weighted by Gasteiger charge is -2.19. The summed E-state index contributed by atoms with van der Waals surface area (Å²) in [6.45, 7) is 0.761. The number of nitrogens with one attached hydrogen (secondary N) is 1. The Labute approximate surface area is 64.9 Å². The monoisotopic (exact) mass is 159 g/mol. The van der Waals surface area contributed by atoms with Gasteiger partial charge in [-0.05, 0) is 12.8 Å². The van der Waals surface area contributed by atoms with Crippen LogP contribution in [-0.4, -0.2) is 25.7 Å². The van der Waals surface area contributed by atoms with Crippen molar-refractivity contribution >= 4 is 5.97 Å². The van der Waals surface area contributed by atoms with Gasteiger partial charge in [-0.15, -0.1) is 0 Å². The molecule has 0 aliphatic carbocycles. The van der Waals surface area contributed by atoms with Crippen molar-refractivity contribution < 1.29 is 14.6 Å². The zero-order valence-electron chi connectivity index (χ0n) is 6.37. The van der Waals surface area contributed by atoms with Crippen molar-refractivity contribution in [2.24, 2.45) is 0 Å². The van der Waals surface area contributed by atoms with E-state index in [1.807, 2.05) is 0 Å². The lowest BCUT2D eigenvalue weighted by molar-refractivity contribution is -0.257. The summed E-state index contributed by atoms with van der Waals surface area (Å²) in [5.41, 5.74) is 6.53. The lowest BCUT2D eigenvalue weighted by Crippen LogP contribution is -2.46. The smallest absolute Gasteiger partial charge is 0.297 e. The van der Waals surface area contributed by atoms with E-state index in [-0.39, 0.29) is 6.04 Å². The molecule has 1 fully saturated rings. The molecule has 0 aromatic heterocycles. The molecule has 1 atom stereocenters. The van der Waals surface area contributed by atoms with Gasteiger partial charge in [0.25, 0.3) is 0 Å². The molecule has 5 heteroatoms. The molecule has 1 aliphatic rings. The largest absolute Gasteiger partial charge is 0.360 e. The van der Waals surface area contributed by atoms with Gasteiger partial charge in [0, 0.05) is 6.54 Å². The van der Waals surface area contributed by atoms with Crippen molar-refractivity contribution in [1.82, 2.24) is 10.9 Å². The molecule has 0 amide bonds. The summed E-state index contributed by atoms with van der Waals surface area (Å²) in [4.78, 5) is 19.5. The fraction of sp³-hybridized carbons (Fsp3) is 0.833. The van der Waals surface area contributed by atoms with E-state index in [1.165, 1.54) is 7.11 Å². The first kappa shape index (κ1) is 8.45. The molecule has 1 aliphatic heterocycles. The molecular weight excluding hydrogens is 148 g/mol. The van der Waals surface area contributed by atoms with Gasteiger partial charge >= 0.3 is 5.97 Å². The normalized spacial score (nSPS) is 24.6. The molecule has 0 aromatic rings. The zero-order chi connectivity index (χ0) is 8.10. The number of carbonyl (C=O) groups excluding carboxylic acids is 1. The maximum Gasteiger partial charge on any atom is 0.360 e. The Bertz CT molecular complexity index is 134. The highest BCUT2D eigenvalue weighted by molar-refractivity contribution is 5.75. The van der Waals surface area contributed by atoms with Crippen LogP contribution in [0.1, 0.15) is 12.8 Å². The summed E-state index contributed by atoms with van der Waals surface area (Å²) in [6, 6.07) is -0.330. The van der Waals surface area contributed by atoms with Crippen LogP contribution in [0.2, 0.25) is 0 Å². The first-order valence-corrected chi connectivity index (χ1v) is 3.51. The first-order valence-electron chi connectivity index (χ1n) is 3.51. The molecule has 0 saturated carbocycles. The third kappa shape index (κ3) is 2.45. The highest BCUT2D eigenvalue weighted by Gasteiger charge is 2.22. The van der Waals surface area contributed by atoms with Gasteiger partial charge in [0.1, 0.15) is 6.04 Å². The molecule has 1 unspecified atom stereocenters. The second kappa shape index (κ2) is 4.27. The standard InChI is InChI=1S/C6H11N2O3/c1-10-11-6(9)5-3-2-4-7-8-5/h5,8H,2-4H2,1H3. The van der Waals surface area contributed by atoms with E-state index in [4.69, 9.17) is 0 Å². The molecule has 0 aromatic carbocycles. The minimum atomic E-state index is -0.407. The SMILES string of the molecule is COOC(=O)C1CCC[N]N1. The summed E-state index contributed by atoms with van der Waals surface area (Å²) < 4.78 is 0. The van der Waals surface area contributed by atoms with Crippen LogP contribution in [-0.2, 0) is 14.6 Å². The Morgan fingerprint density at radius 1 is 1.73 bits per heavy atom. The van der Waals surface area contributed by atoms with Gasteiger partial charge in [0.15, 0.2) is 0 Å². The maximum absolute atomic E-state index is 10.9. The average molecular weight is 159 g/mol. The van der Waals surface area contributed by atoms with Crippen molar-refractivity contribution in [2.75, 3.05) is 13.7 Å². The van der Waals surface area contributed by atoms with E-state index < -0.39 is 5.97 Å². The van der Waals surface area contributed by atoms with Gasteiger partial charge in [0.2, 0.25) is 0 Å². The Morgan fingerprint density at radius 3 is 3.09 bits per heavy atom. The second-order valence-electron chi connectivity index (χ2n) is 2.27. The third-order valence-corrected chi connectivity index (χ3v) is 1.46. The predicted octanol–water partition coefficient (Wildman–Crippen LogP) is -0.638. The van der Waals surface area contributed by atoms with Crippen LogP contribution in [0.5, 0.6) is 0 Å². The van der Waals surface area contributed by atoms with Gasteiger partial charge < -0.3 is 0 Å². The van der Waals surface area contributed by atoms with Crippen molar-refractivity contribution in [3.05, 3.63) is 0 Å². The molecule has 1 saturated heterocycles. The van der Waals surface area contributed by atoms with Crippen molar-refractivity contribution in [3.8, 4) is 0 Å². The van der Waals surface area contributed by atoms with Crippen LogP contribution in [0, 0.1) is 0 Å². The van der Waals surface area contributed by atoms with Crippen LogP contribution < -0.4 is 10.9 Å². The Kier molecular flexibility index (Phi) is 3.28. The van der Waals surface area contributed by atoms with Gasteiger partial charge in [-0.2, -0.15) is 10.3 Å². The third-order valence-electron chi connectivity index (χ3n) is 1.46. The predicted molar refractivity (Wildman–Crippen MR) is 36.3 cm³/mol. The van der Waals surface area contributed by atoms with E-state index in [0.29, 0.717) is 0 Å². The fourth-order valence-electron chi connectivity index (χ4n) is 0.925. The lowest BCUT2D eigenvalue weighted by atomic mass is 10.1. The summed E-state index contributed by atoms with van der Waals surface area (Å²) >= 11 is 0. The molecule has 0 bridgehead atoms. The van der Waals surface area contributed by atoms with Gasteiger partial charge in [-0.25, -0.2) is 10.2 Å². The number of hydrogen-bond acceptors (Lipinski definition) is 4. The Hall–Kier alpha value is -0.650. The van der Waals surface area contributed by atoms with Gasteiger partial charge in [-0.1, -0.05) is 0 Å². The van der Waals surface area contributed by atoms with Crippen molar-refractivity contribution in [3.63, 3.8) is 0 Å². The van der Waals surface area contributed by atoms with Crippen LogP contribution in [0.15, 0.2) is 0 Å². The quantitative estimate of drug-likeness (QED) is 0.430. The molecule has 11 heavy (non-hydrogen) atoms. The van der Waals surface area contributed by atoms with E-state index in [0.717, 1.165) is 19.4 Å². The van der Waals surface area contributed by atoms with Crippen LogP contribution in [0.3, 0.4) is 0 Å². The van der Waals surface area contributed by atoms with Crippen LogP contribution >= 0.6 is 0 Å². The Morgan fingerprint density at radius 2 is 2.55 bits per heavy atom. The van der Waals surface area contributed by atoms with E-state index >= 15 is 0 Å². The van der Waals surface area contributed by atoms with Crippen LogP contribution in [0.25, 0.3) is 0 Å². The highest BCUT2D eigenvalue weighted by Crippen LogP contribution is 2.02. The second-order valence-corrected chi connectivity index (χ2v) is 2.27. The Balaban J connectivity index is 2.27. The minimum Gasteiger partial charge on any atom is -0.297 e. The summed E-state index contributed by atoms with van der Waals surface area (Å²) in [7, 11) is 1.30. The number of nitrogens with zero attached hydrogens (tertiary/aromatic N) is 1. The fourth-order valence-corrected chi connectivity index (χ4v) is 0.925. The molecule has 1 heterocycles. The summed E-state index contributed by atoms with van der Waals surface area (Å²) in [5, 5.41) is 0. The molecular formula is C6H11N2O3. The molecule has 1 N–H and O–H groups in total. The molecule has 5 nitrogen and oxygen atoms in total. The van der Waals surface area contributed by atoms with Crippen molar-refractivity contribution in [1.29, 1.82) is 0 Å². The molecule has 0 spiro atoms. The molecule has 1 rings (SSSR count). The van der Waals surface area contributed by atoms with Crippen LogP contribution in [0.4, 0.5) is 0 Å². The van der Waals surface area contributed by atoms with E-state index in [1.54, 1.807) is 0 Å². The molecule has 1 radical (unpaired) electrons. The summed E-state index contributed by atoms with van der Waals surface area (Å²) in [6.07, 6.45) is 1.67. The van der Waals surface area contributed by atoms with Gasteiger partial charge in [0.05, 0.1) is 7.11 Å². The molecule has 63 valence electrons. The van der Waals surface area contributed by atoms with E-state index in [9.17, 15) is 4.79 Å². The first-order chi connectivity index (χ1) is 5.34. The maximum atomic E-state index is 10.9. The summed E-state index contributed by atoms with van der Waals surface area (Å²) in [5.74, 6) is -0.407. The van der Waals surface area contributed by atoms with E-state index in [2.05, 4.69) is 20.6 Å². The zero-order valence-corrected chi connectivity index (χ0v) is 6.37. The number of carbonyl (C=O) groups is 1. The number of rotatable bonds is 2.